The van der Waals surface area contributed by atoms with Crippen molar-refractivity contribution in [1.29, 1.82) is 0 Å². The van der Waals surface area contributed by atoms with Crippen molar-refractivity contribution in [3.8, 4) is 16.9 Å². The summed E-state index contributed by atoms with van der Waals surface area (Å²) < 4.78 is 43.6. The molecule has 1 fully saturated rings. The lowest BCUT2D eigenvalue weighted by Crippen LogP contribution is -2.08. The lowest BCUT2D eigenvalue weighted by atomic mass is 9.92. The van der Waals surface area contributed by atoms with E-state index >= 15 is 4.39 Å². The highest BCUT2D eigenvalue weighted by molar-refractivity contribution is 7.90. The Morgan fingerprint density at radius 3 is 2.42 bits per heavy atom. The van der Waals surface area contributed by atoms with Crippen LogP contribution in [0.3, 0.4) is 0 Å². The van der Waals surface area contributed by atoms with Crippen LogP contribution < -0.4 is 4.74 Å². The van der Waals surface area contributed by atoms with Gasteiger partial charge in [-0.25, -0.2) is 12.8 Å². The van der Waals surface area contributed by atoms with E-state index in [1.807, 2.05) is 48.5 Å². The minimum Gasteiger partial charge on any atom is -0.494 e. The Kier molecular flexibility index (Phi) is 7.57. The number of benzene rings is 3. The molecule has 0 spiro atoms. The Morgan fingerprint density at radius 1 is 1.00 bits per heavy atom. The number of sulfone groups is 1. The average molecular weight is 537 g/mol. The van der Waals surface area contributed by atoms with Gasteiger partial charge in [-0.05, 0) is 114 Å². The number of halogens is 1. The first-order valence-electron chi connectivity index (χ1n) is 13.2. The van der Waals surface area contributed by atoms with Crippen LogP contribution in [0.2, 0.25) is 0 Å². The van der Waals surface area contributed by atoms with Crippen LogP contribution in [0.25, 0.3) is 11.1 Å². The molecule has 0 saturated heterocycles. The average Bonchev–Trinajstić information content (AvgIpc) is 3.69. The van der Waals surface area contributed by atoms with Crippen molar-refractivity contribution < 1.29 is 27.4 Å². The maximum absolute atomic E-state index is 15.1. The topological polar surface area (TPSA) is 80.7 Å². The fourth-order valence-electron chi connectivity index (χ4n) is 5.47. The van der Waals surface area contributed by atoms with Gasteiger partial charge < -0.3 is 9.84 Å². The van der Waals surface area contributed by atoms with Crippen LogP contribution in [0.1, 0.15) is 53.0 Å². The van der Waals surface area contributed by atoms with Crippen molar-refractivity contribution in [2.24, 2.45) is 5.92 Å². The maximum Gasteiger partial charge on any atom is 0.307 e. The summed E-state index contributed by atoms with van der Waals surface area (Å²) in [6.07, 6.45) is 6.27. The van der Waals surface area contributed by atoms with Crippen LogP contribution in [0.15, 0.2) is 54.6 Å². The fourth-order valence-corrected chi connectivity index (χ4v) is 6.11. The van der Waals surface area contributed by atoms with Gasteiger partial charge in [0.2, 0.25) is 0 Å². The first-order chi connectivity index (χ1) is 18.2. The molecule has 2 aliphatic rings. The third kappa shape index (κ3) is 6.26. The number of fused-ring (bicyclic) bond motifs is 3. The van der Waals surface area contributed by atoms with Crippen LogP contribution in [-0.2, 0) is 40.3 Å². The summed E-state index contributed by atoms with van der Waals surface area (Å²) in [6, 6.07) is 17.7. The molecule has 3 aromatic rings. The summed E-state index contributed by atoms with van der Waals surface area (Å²) >= 11 is 0. The van der Waals surface area contributed by atoms with E-state index in [0.717, 1.165) is 58.4 Å². The first-order valence-corrected chi connectivity index (χ1v) is 15.3. The number of ether oxygens (including phenoxy) is 1. The SMILES string of the molecule is CS(=O)(=O)CCCOc1ccc2c(c1)CCCc1cc(F)c(CCc3ccc([C@H]4C[C@@H]4C(=O)O)cc3)cc1-2. The lowest BCUT2D eigenvalue weighted by Gasteiger charge is -2.14. The number of carboxylic acid groups (broad SMARTS) is 1. The molecule has 1 N–H and O–H groups in total. The van der Waals surface area contributed by atoms with Gasteiger partial charge in [-0.15, -0.1) is 0 Å². The van der Waals surface area contributed by atoms with E-state index in [2.05, 4.69) is 0 Å². The molecule has 3 aromatic carbocycles. The summed E-state index contributed by atoms with van der Waals surface area (Å²) in [7, 11) is -3.00. The standard InChI is InChI=1S/C31H33FO5S/c1-38(35,36)15-3-14-37-25-12-13-26-22(16-25)4-2-5-23-18-30(32)24(17-27(23)26)11-8-20-6-9-21(10-7-20)28-19-29(28)31(33)34/h6-7,9-10,12-13,16-18,28-29H,2-5,8,11,14-15,19H2,1H3,(H,33,34)/t28-,29+/m1/s1. The van der Waals surface area contributed by atoms with Crippen LogP contribution >= 0.6 is 0 Å². The molecule has 0 aliphatic heterocycles. The van der Waals surface area contributed by atoms with E-state index < -0.39 is 15.8 Å². The van der Waals surface area contributed by atoms with Crippen LogP contribution in [-0.4, -0.2) is 38.1 Å². The maximum atomic E-state index is 15.1. The second kappa shape index (κ2) is 10.9. The van der Waals surface area contributed by atoms with E-state index in [4.69, 9.17) is 9.84 Å². The number of carbonyl (C=O) groups is 1. The van der Waals surface area contributed by atoms with Gasteiger partial charge in [0, 0.05) is 6.26 Å². The summed E-state index contributed by atoms with van der Waals surface area (Å²) in [5, 5.41) is 9.16. The highest BCUT2D eigenvalue weighted by Crippen LogP contribution is 2.47. The number of aliphatic carboxylic acids is 1. The van der Waals surface area contributed by atoms with Crippen molar-refractivity contribution in [2.75, 3.05) is 18.6 Å². The zero-order valence-electron chi connectivity index (χ0n) is 21.6. The zero-order chi connectivity index (χ0) is 26.9. The molecule has 2 atom stereocenters. The predicted octanol–water partition coefficient (Wildman–Crippen LogP) is 5.77. The highest BCUT2D eigenvalue weighted by Gasteiger charge is 2.44. The Balaban J connectivity index is 1.28. The number of rotatable bonds is 10. The molecule has 5 rings (SSSR count). The van der Waals surface area contributed by atoms with E-state index in [-0.39, 0.29) is 23.4 Å². The van der Waals surface area contributed by atoms with Crippen LogP contribution in [0.4, 0.5) is 4.39 Å². The summed E-state index contributed by atoms with van der Waals surface area (Å²) in [5.74, 6) is -0.214. The van der Waals surface area contributed by atoms with E-state index in [9.17, 15) is 13.2 Å². The van der Waals surface area contributed by atoms with Crippen molar-refractivity contribution in [3.63, 3.8) is 0 Å². The molecule has 0 bridgehead atoms. The van der Waals surface area contributed by atoms with Crippen LogP contribution in [0.5, 0.6) is 5.75 Å². The molecule has 1 saturated carbocycles. The van der Waals surface area contributed by atoms with Gasteiger partial charge in [0.05, 0.1) is 18.3 Å². The quantitative estimate of drug-likeness (QED) is 0.333. The Morgan fingerprint density at radius 2 is 1.74 bits per heavy atom. The molecule has 200 valence electrons. The number of aryl methyl sites for hydroxylation is 4. The van der Waals surface area contributed by atoms with Gasteiger partial charge in [0.25, 0.3) is 0 Å². The largest absolute Gasteiger partial charge is 0.494 e. The molecule has 7 heteroatoms. The van der Waals surface area contributed by atoms with E-state index in [0.29, 0.717) is 37.9 Å². The van der Waals surface area contributed by atoms with Gasteiger partial charge in [-0.2, -0.15) is 0 Å². The summed E-state index contributed by atoms with van der Waals surface area (Å²) in [4.78, 5) is 11.1. The highest BCUT2D eigenvalue weighted by atomic mass is 32.2. The smallest absolute Gasteiger partial charge is 0.307 e. The molecule has 0 heterocycles. The Bertz CT molecular complexity index is 1450. The molecule has 0 unspecified atom stereocenters. The predicted molar refractivity (Wildman–Crippen MR) is 146 cm³/mol. The minimum atomic E-state index is -3.00. The molecule has 0 radical (unpaired) electrons. The Labute approximate surface area is 223 Å². The number of hydrogen-bond donors (Lipinski definition) is 1. The van der Waals surface area contributed by atoms with E-state index in [1.165, 1.54) is 6.26 Å². The second-order valence-corrected chi connectivity index (χ2v) is 12.9. The molecule has 38 heavy (non-hydrogen) atoms. The van der Waals surface area contributed by atoms with Gasteiger partial charge in [-0.1, -0.05) is 30.3 Å². The van der Waals surface area contributed by atoms with Crippen molar-refractivity contribution in [1.82, 2.24) is 0 Å². The van der Waals surface area contributed by atoms with E-state index in [1.54, 1.807) is 6.07 Å². The van der Waals surface area contributed by atoms with Crippen molar-refractivity contribution in [3.05, 3.63) is 88.2 Å². The van der Waals surface area contributed by atoms with Crippen molar-refractivity contribution >= 4 is 15.8 Å². The monoisotopic (exact) mass is 536 g/mol. The Hall–Kier alpha value is -3.19. The fraction of sp³-hybridized carbons (Fsp3) is 0.387. The molecular formula is C31H33FO5S. The number of carboxylic acids is 1. The third-order valence-electron chi connectivity index (χ3n) is 7.66. The normalized spacial score (nSPS) is 18.3. The molecule has 0 amide bonds. The van der Waals surface area contributed by atoms with Gasteiger partial charge in [0.15, 0.2) is 0 Å². The third-order valence-corrected chi connectivity index (χ3v) is 8.69. The van der Waals surface area contributed by atoms with Gasteiger partial charge in [0.1, 0.15) is 21.4 Å². The number of hydrogen-bond acceptors (Lipinski definition) is 4. The minimum absolute atomic E-state index is 0.107. The molecule has 0 aromatic heterocycles. The molecule has 2 aliphatic carbocycles. The van der Waals surface area contributed by atoms with Crippen molar-refractivity contribution in [2.45, 2.75) is 50.9 Å². The first kappa shape index (κ1) is 26.4. The second-order valence-electron chi connectivity index (χ2n) is 10.6. The van der Waals surface area contributed by atoms with Crippen LogP contribution in [0, 0.1) is 11.7 Å². The summed E-state index contributed by atoms with van der Waals surface area (Å²) in [5.41, 5.74) is 7.22. The molecular weight excluding hydrogens is 503 g/mol. The van der Waals surface area contributed by atoms with Gasteiger partial charge in [-0.3, -0.25) is 4.79 Å². The lowest BCUT2D eigenvalue weighted by molar-refractivity contribution is -0.138. The summed E-state index contributed by atoms with van der Waals surface area (Å²) in [6.45, 7) is 0.347. The van der Waals surface area contributed by atoms with Gasteiger partial charge >= 0.3 is 5.97 Å². The zero-order valence-corrected chi connectivity index (χ0v) is 22.4. The molecule has 5 nitrogen and oxygen atoms in total.